The van der Waals surface area contributed by atoms with Crippen molar-refractivity contribution in [2.45, 2.75) is 30.3 Å². The topological polar surface area (TPSA) is 46.2 Å². The quantitative estimate of drug-likeness (QED) is 0.620. The van der Waals surface area contributed by atoms with Crippen molar-refractivity contribution in [1.29, 1.82) is 0 Å². The molecule has 1 aromatic rings. The van der Waals surface area contributed by atoms with Gasteiger partial charge in [-0.05, 0) is 18.4 Å². The molecule has 1 atom stereocenters. The van der Waals surface area contributed by atoms with Crippen LogP contribution in [-0.2, 0) is 15.8 Å². The monoisotopic (exact) mass is 319 g/mol. The van der Waals surface area contributed by atoms with Crippen molar-refractivity contribution in [3.8, 4) is 0 Å². The lowest BCUT2D eigenvalue weighted by Gasteiger charge is -2.07. The second-order valence-electron chi connectivity index (χ2n) is 4.06. The van der Waals surface area contributed by atoms with E-state index < -0.39 is 10.0 Å². The molecule has 0 saturated heterocycles. The Morgan fingerprint density at radius 2 is 1.94 bits per heavy atom. The van der Waals surface area contributed by atoms with Crippen molar-refractivity contribution in [2.24, 2.45) is 0 Å². The predicted octanol–water partition coefficient (Wildman–Crippen LogP) is 2.67. The molecule has 0 amide bonds. The maximum atomic E-state index is 11.7. The number of benzene rings is 1. The van der Waals surface area contributed by atoms with Gasteiger partial charge in [-0.25, -0.2) is 13.1 Å². The first-order valence-electron chi connectivity index (χ1n) is 5.65. The van der Waals surface area contributed by atoms with E-state index in [0.29, 0.717) is 11.4 Å². The molecule has 1 aromatic carbocycles. The van der Waals surface area contributed by atoms with Crippen LogP contribution in [0, 0.1) is 0 Å². The Morgan fingerprint density at radius 3 is 2.53 bits per heavy atom. The van der Waals surface area contributed by atoms with Crippen LogP contribution in [0.2, 0.25) is 0 Å². The maximum Gasteiger partial charge on any atom is 0.215 e. The zero-order valence-electron chi connectivity index (χ0n) is 9.90. The third-order valence-electron chi connectivity index (χ3n) is 2.30. The average Bonchev–Trinajstić information content (AvgIpc) is 2.25. The van der Waals surface area contributed by atoms with Gasteiger partial charge in [0.25, 0.3) is 0 Å². The third kappa shape index (κ3) is 6.81. The number of halogens is 1. The highest BCUT2D eigenvalue weighted by Crippen LogP contribution is 2.07. The number of sulfonamides is 1. The van der Waals surface area contributed by atoms with E-state index in [1.165, 1.54) is 0 Å². The Morgan fingerprint density at radius 1 is 1.29 bits per heavy atom. The number of rotatable bonds is 7. The van der Waals surface area contributed by atoms with Crippen molar-refractivity contribution in [2.75, 3.05) is 6.54 Å². The van der Waals surface area contributed by atoms with Crippen LogP contribution in [0.1, 0.15) is 25.3 Å². The number of alkyl halides is 1. The summed E-state index contributed by atoms with van der Waals surface area (Å²) in [6.45, 7) is 2.56. The highest BCUT2D eigenvalue weighted by Gasteiger charge is 2.10. The molecular weight excluding hydrogens is 302 g/mol. The van der Waals surface area contributed by atoms with Crippen molar-refractivity contribution in [3.63, 3.8) is 0 Å². The molecule has 1 unspecified atom stereocenters. The molecule has 5 heteroatoms. The zero-order valence-corrected chi connectivity index (χ0v) is 12.3. The Labute approximate surface area is 112 Å². The first kappa shape index (κ1) is 14.7. The van der Waals surface area contributed by atoms with Crippen LogP contribution < -0.4 is 4.72 Å². The predicted molar refractivity (Wildman–Crippen MR) is 74.7 cm³/mol. The molecule has 0 spiro atoms. The first-order chi connectivity index (χ1) is 7.99. The second-order valence-corrected chi connectivity index (χ2v) is 7.43. The molecule has 0 bridgehead atoms. The van der Waals surface area contributed by atoms with Gasteiger partial charge in [0.1, 0.15) is 0 Å². The molecule has 0 saturated carbocycles. The van der Waals surface area contributed by atoms with E-state index in [1.54, 1.807) is 0 Å². The largest absolute Gasteiger partial charge is 0.215 e. The molecule has 0 aliphatic heterocycles. The van der Waals surface area contributed by atoms with Gasteiger partial charge in [-0.15, -0.1) is 0 Å². The lowest BCUT2D eigenvalue weighted by Crippen LogP contribution is -2.26. The van der Waals surface area contributed by atoms with Gasteiger partial charge in [0.05, 0.1) is 5.75 Å². The fraction of sp³-hybridized carbons (Fsp3) is 0.500. The summed E-state index contributed by atoms with van der Waals surface area (Å²) in [4.78, 5) is 0.432. The van der Waals surface area contributed by atoms with Crippen molar-refractivity contribution >= 4 is 26.0 Å². The summed E-state index contributed by atoms with van der Waals surface area (Å²) in [6, 6.07) is 9.20. The molecule has 0 aliphatic rings. The van der Waals surface area contributed by atoms with E-state index in [-0.39, 0.29) is 5.75 Å². The fourth-order valence-electron chi connectivity index (χ4n) is 1.46. The summed E-state index contributed by atoms with van der Waals surface area (Å²) in [5.41, 5.74) is 0.814. The van der Waals surface area contributed by atoms with Gasteiger partial charge in [-0.3, -0.25) is 0 Å². The highest BCUT2D eigenvalue weighted by atomic mass is 79.9. The van der Waals surface area contributed by atoms with Crippen LogP contribution in [0.15, 0.2) is 30.3 Å². The van der Waals surface area contributed by atoms with Gasteiger partial charge in [0.15, 0.2) is 0 Å². The van der Waals surface area contributed by atoms with E-state index >= 15 is 0 Å². The summed E-state index contributed by atoms with van der Waals surface area (Å²) in [6.07, 6.45) is 1.81. The highest BCUT2D eigenvalue weighted by molar-refractivity contribution is 9.09. The van der Waals surface area contributed by atoms with Gasteiger partial charge < -0.3 is 0 Å². The smallest absolute Gasteiger partial charge is 0.215 e. The normalized spacial score (nSPS) is 13.5. The van der Waals surface area contributed by atoms with Gasteiger partial charge in [-0.2, -0.15) is 0 Å². The van der Waals surface area contributed by atoms with Crippen LogP contribution in [0.5, 0.6) is 0 Å². The number of hydrogen-bond acceptors (Lipinski definition) is 2. The lowest BCUT2D eigenvalue weighted by molar-refractivity contribution is 0.576. The molecule has 3 nitrogen and oxygen atoms in total. The van der Waals surface area contributed by atoms with Gasteiger partial charge >= 0.3 is 0 Å². The molecule has 0 fully saturated rings. The summed E-state index contributed by atoms with van der Waals surface area (Å²) < 4.78 is 26.1. The van der Waals surface area contributed by atoms with E-state index in [4.69, 9.17) is 0 Å². The Kier molecular flexibility index (Phi) is 6.16. The zero-order chi connectivity index (χ0) is 12.7. The Bertz CT molecular complexity index is 417. The third-order valence-corrected chi connectivity index (χ3v) is 4.12. The summed E-state index contributed by atoms with van der Waals surface area (Å²) in [7, 11) is -3.20. The van der Waals surface area contributed by atoms with Gasteiger partial charge in [-0.1, -0.05) is 53.2 Å². The molecule has 0 radical (unpaired) electrons. The summed E-state index contributed by atoms with van der Waals surface area (Å²) >= 11 is 3.43. The van der Waals surface area contributed by atoms with E-state index in [2.05, 4.69) is 27.6 Å². The van der Waals surface area contributed by atoms with E-state index in [0.717, 1.165) is 18.4 Å². The second kappa shape index (κ2) is 7.13. The molecular formula is C12H18BrNO2S. The molecule has 1 N–H and O–H groups in total. The number of hydrogen-bond donors (Lipinski definition) is 1. The molecule has 1 rings (SSSR count). The fourth-order valence-corrected chi connectivity index (χ4v) is 2.97. The van der Waals surface area contributed by atoms with E-state index in [1.807, 2.05) is 30.3 Å². The summed E-state index contributed by atoms with van der Waals surface area (Å²) in [5, 5.41) is 0. The average molecular weight is 320 g/mol. The minimum atomic E-state index is -3.20. The van der Waals surface area contributed by atoms with Gasteiger partial charge in [0, 0.05) is 11.4 Å². The minimum Gasteiger partial charge on any atom is -0.215 e. The molecule has 96 valence electrons. The maximum absolute atomic E-state index is 11.7. The number of nitrogens with one attached hydrogen (secondary N) is 1. The molecule has 0 aliphatic carbocycles. The van der Waals surface area contributed by atoms with Gasteiger partial charge in [0.2, 0.25) is 10.0 Å². The minimum absolute atomic E-state index is 0.0533. The standard InChI is InChI=1S/C12H18BrNO2S/c1-11(13)6-5-9-14-17(15,16)10-12-7-3-2-4-8-12/h2-4,7-8,11,14H,5-6,9-10H2,1H3. The Hall–Kier alpha value is -0.390. The van der Waals surface area contributed by atoms with Crippen LogP contribution in [0.4, 0.5) is 0 Å². The molecule has 0 aromatic heterocycles. The first-order valence-corrected chi connectivity index (χ1v) is 8.22. The molecule has 17 heavy (non-hydrogen) atoms. The SMILES string of the molecule is CC(Br)CCCNS(=O)(=O)Cc1ccccc1. The van der Waals surface area contributed by atoms with E-state index in [9.17, 15) is 8.42 Å². The van der Waals surface area contributed by atoms with Crippen molar-refractivity contribution in [3.05, 3.63) is 35.9 Å². The summed E-state index contributed by atoms with van der Waals surface area (Å²) in [5.74, 6) is 0.0533. The lowest BCUT2D eigenvalue weighted by atomic mass is 10.2. The van der Waals surface area contributed by atoms with Crippen LogP contribution >= 0.6 is 15.9 Å². The molecule has 0 heterocycles. The van der Waals surface area contributed by atoms with Crippen molar-refractivity contribution < 1.29 is 8.42 Å². The van der Waals surface area contributed by atoms with Crippen molar-refractivity contribution in [1.82, 2.24) is 4.72 Å². The van der Waals surface area contributed by atoms with Crippen LogP contribution in [-0.4, -0.2) is 19.8 Å². The Balaban J connectivity index is 2.37. The van der Waals surface area contributed by atoms with Crippen LogP contribution in [0.3, 0.4) is 0 Å². The van der Waals surface area contributed by atoms with Crippen LogP contribution in [0.25, 0.3) is 0 Å².